The minimum absolute atomic E-state index is 0.0456. The monoisotopic (exact) mass is 242 g/mol. The summed E-state index contributed by atoms with van der Waals surface area (Å²) in [4.78, 5) is 10.7. The first-order valence-corrected chi connectivity index (χ1v) is 5.35. The fraction of sp³-hybridized carbons (Fsp3) is 0.364. The summed E-state index contributed by atoms with van der Waals surface area (Å²) in [6, 6.07) is 5.10. The molecule has 0 aliphatic heterocycles. The van der Waals surface area contributed by atoms with Crippen LogP contribution in [0.25, 0.3) is 0 Å². The molecule has 0 aromatic heterocycles. The average molecular weight is 243 g/mol. The molecule has 4 nitrogen and oxygen atoms in total. The molecule has 1 rings (SSSR count). The summed E-state index contributed by atoms with van der Waals surface area (Å²) >= 11 is 5.97. The summed E-state index contributed by atoms with van der Waals surface area (Å²) in [5.74, 6) is -0.366. The minimum atomic E-state index is -0.366. The van der Waals surface area contributed by atoms with E-state index in [-0.39, 0.29) is 25.0 Å². The first kappa shape index (κ1) is 12.8. The molecular weight excluding hydrogens is 228 g/mol. The van der Waals surface area contributed by atoms with Gasteiger partial charge in [0.15, 0.2) is 0 Å². The summed E-state index contributed by atoms with van der Waals surface area (Å²) in [6.07, 6.45) is 0.236. The Morgan fingerprint density at radius 3 is 2.88 bits per heavy atom. The normalized spacial score (nSPS) is 12.2. The lowest BCUT2D eigenvalue weighted by molar-refractivity contribution is -0.118. The van der Waals surface area contributed by atoms with Crippen LogP contribution in [-0.2, 0) is 11.4 Å². The first-order valence-electron chi connectivity index (χ1n) is 4.97. The van der Waals surface area contributed by atoms with E-state index in [0.29, 0.717) is 10.7 Å². The summed E-state index contributed by atoms with van der Waals surface area (Å²) in [5, 5.41) is 12.6. The van der Waals surface area contributed by atoms with Gasteiger partial charge < -0.3 is 16.2 Å². The van der Waals surface area contributed by atoms with E-state index in [9.17, 15) is 4.79 Å². The van der Waals surface area contributed by atoms with Crippen molar-refractivity contribution >= 4 is 23.2 Å². The van der Waals surface area contributed by atoms with Gasteiger partial charge in [0.2, 0.25) is 5.91 Å². The highest BCUT2D eigenvalue weighted by atomic mass is 35.5. The Balaban J connectivity index is 2.75. The number of carbonyl (C=O) groups is 1. The second-order valence-corrected chi connectivity index (χ2v) is 4.10. The molecule has 0 bridgehead atoms. The van der Waals surface area contributed by atoms with Crippen molar-refractivity contribution < 1.29 is 9.90 Å². The van der Waals surface area contributed by atoms with E-state index in [1.165, 1.54) is 0 Å². The van der Waals surface area contributed by atoms with E-state index in [0.717, 1.165) is 5.56 Å². The quantitative estimate of drug-likeness (QED) is 0.733. The summed E-state index contributed by atoms with van der Waals surface area (Å²) in [6.45, 7) is 1.79. The highest BCUT2D eigenvalue weighted by Crippen LogP contribution is 2.24. The Labute approximate surface area is 99.4 Å². The molecule has 88 valence electrons. The summed E-state index contributed by atoms with van der Waals surface area (Å²) in [5.41, 5.74) is 6.55. The zero-order valence-corrected chi connectivity index (χ0v) is 9.79. The number of aliphatic hydroxyl groups is 1. The molecule has 1 aromatic carbocycles. The van der Waals surface area contributed by atoms with Gasteiger partial charge in [-0.15, -0.1) is 0 Å². The van der Waals surface area contributed by atoms with Gasteiger partial charge in [-0.25, -0.2) is 0 Å². The number of rotatable bonds is 5. The molecule has 0 fully saturated rings. The Hall–Kier alpha value is -1.26. The largest absolute Gasteiger partial charge is 0.392 e. The van der Waals surface area contributed by atoms with E-state index in [4.69, 9.17) is 22.4 Å². The lowest BCUT2D eigenvalue weighted by atomic mass is 10.1. The lowest BCUT2D eigenvalue weighted by Crippen LogP contribution is -2.24. The van der Waals surface area contributed by atoms with Crippen molar-refractivity contribution in [2.45, 2.75) is 26.0 Å². The summed E-state index contributed by atoms with van der Waals surface area (Å²) < 4.78 is 0. The van der Waals surface area contributed by atoms with Gasteiger partial charge >= 0.3 is 0 Å². The Kier molecular flexibility index (Phi) is 4.58. The molecule has 1 aromatic rings. The van der Waals surface area contributed by atoms with Crippen molar-refractivity contribution in [2.24, 2.45) is 5.73 Å². The van der Waals surface area contributed by atoms with Crippen molar-refractivity contribution in [3.05, 3.63) is 28.8 Å². The molecule has 4 N–H and O–H groups in total. The number of aliphatic hydroxyl groups excluding tert-OH is 1. The number of carbonyl (C=O) groups excluding carboxylic acids is 1. The standard InChI is InChI=1S/C11H15ClN2O2/c1-7(4-11(13)16)14-10-5-8(6-15)2-3-9(10)12/h2-3,5,7,14-15H,4,6H2,1H3,(H2,13,16). The molecule has 0 aliphatic carbocycles. The molecular formula is C11H15ClN2O2. The van der Waals surface area contributed by atoms with Crippen LogP contribution < -0.4 is 11.1 Å². The van der Waals surface area contributed by atoms with E-state index < -0.39 is 0 Å². The molecule has 0 aliphatic rings. The first-order chi connectivity index (χ1) is 7.52. The molecule has 0 saturated heterocycles. The van der Waals surface area contributed by atoms with Crippen LogP contribution in [0.3, 0.4) is 0 Å². The van der Waals surface area contributed by atoms with Gasteiger partial charge in [-0.1, -0.05) is 17.7 Å². The van der Waals surface area contributed by atoms with Crippen molar-refractivity contribution in [3.63, 3.8) is 0 Å². The number of nitrogens with two attached hydrogens (primary N) is 1. The number of amides is 1. The number of hydrogen-bond acceptors (Lipinski definition) is 3. The van der Waals surface area contributed by atoms with Crippen LogP contribution in [0, 0.1) is 0 Å². The highest BCUT2D eigenvalue weighted by Gasteiger charge is 2.08. The van der Waals surface area contributed by atoms with Gasteiger partial charge in [-0.3, -0.25) is 4.79 Å². The molecule has 0 spiro atoms. The second-order valence-electron chi connectivity index (χ2n) is 3.69. The smallest absolute Gasteiger partial charge is 0.219 e. The van der Waals surface area contributed by atoms with Crippen molar-refractivity contribution in [1.82, 2.24) is 0 Å². The van der Waals surface area contributed by atoms with Crippen LogP contribution in [0.15, 0.2) is 18.2 Å². The third kappa shape index (κ3) is 3.72. The van der Waals surface area contributed by atoms with Crippen molar-refractivity contribution in [2.75, 3.05) is 5.32 Å². The van der Waals surface area contributed by atoms with E-state index in [1.54, 1.807) is 18.2 Å². The Bertz CT molecular complexity index is 382. The van der Waals surface area contributed by atoms with Crippen LogP contribution in [0.2, 0.25) is 5.02 Å². The number of hydrogen-bond donors (Lipinski definition) is 3. The van der Waals surface area contributed by atoms with Gasteiger partial charge in [-0.2, -0.15) is 0 Å². The highest BCUT2D eigenvalue weighted by molar-refractivity contribution is 6.33. The zero-order chi connectivity index (χ0) is 12.1. The number of benzene rings is 1. The van der Waals surface area contributed by atoms with Crippen molar-refractivity contribution in [1.29, 1.82) is 0 Å². The lowest BCUT2D eigenvalue weighted by Gasteiger charge is -2.15. The van der Waals surface area contributed by atoms with Gasteiger partial charge in [0, 0.05) is 12.5 Å². The number of anilines is 1. The van der Waals surface area contributed by atoms with Crippen LogP contribution in [0.5, 0.6) is 0 Å². The maximum atomic E-state index is 10.7. The minimum Gasteiger partial charge on any atom is -0.392 e. The molecule has 16 heavy (non-hydrogen) atoms. The van der Waals surface area contributed by atoms with Crippen LogP contribution in [0.1, 0.15) is 18.9 Å². The average Bonchev–Trinajstić information content (AvgIpc) is 2.20. The summed E-state index contributed by atoms with van der Waals surface area (Å²) in [7, 11) is 0. The van der Waals surface area contributed by atoms with Gasteiger partial charge in [-0.05, 0) is 24.6 Å². The van der Waals surface area contributed by atoms with Crippen LogP contribution >= 0.6 is 11.6 Å². The maximum Gasteiger partial charge on any atom is 0.219 e. The van der Waals surface area contributed by atoms with E-state index in [2.05, 4.69) is 5.32 Å². The third-order valence-corrected chi connectivity index (χ3v) is 2.45. The topological polar surface area (TPSA) is 75.4 Å². The third-order valence-electron chi connectivity index (χ3n) is 2.12. The van der Waals surface area contributed by atoms with E-state index >= 15 is 0 Å². The number of halogens is 1. The molecule has 0 heterocycles. The predicted octanol–water partition coefficient (Wildman–Crippen LogP) is 1.51. The molecule has 1 atom stereocenters. The molecule has 5 heteroatoms. The fourth-order valence-corrected chi connectivity index (χ4v) is 1.57. The second kappa shape index (κ2) is 5.72. The predicted molar refractivity (Wildman–Crippen MR) is 64.3 cm³/mol. The molecule has 0 radical (unpaired) electrons. The van der Waals surface area contributed by atoms with E-state index in [1.807, 2.05) is 6.92 Å². The molecule has 1 amide bonds. The number of nitrogens with one attached hydrogen (secondary N) is 1. The SMILES string of the molecule is CC(CC(N)=O)Nc1cc(CO)ccc1Cl. The maximum absolute atomic E-state index is 10.7. The number of primary amides is 1. The Morgan fingerprint density at radius 2 is 2.31 bits per heavy atom. The van der Waals surface area contributed by atoms with Gasteiger partial charge in [0.1, 0.15) is 0 Å². The Morgan fingerprint density at radius 1 is 1.62 bits per heavy atom. The van der Waals surface area contributed by atoms with Crippen LogP contribution in [-0.4, -0.2) is 17.1 Å². The fourth-order valence-electron chi connectivity index (χ4n) is 1.40. The van der Waals surface area contributed by atoms with Crippen molar-refractivity contribution in [3.8, 4) is 0 Å². The van der Waals surface area contributed by atoms with Crippen LogP contribution in [0.4, 0.5) is 5.69 Å². The van der Waals surface area contributed by atoms with Gasteiger partial charge in [0.05, 0.1) is 17.3 Å². The zero-order valence-electron chi connectivity index (χ0n) is 9.03. The molecule has 1 unspecified atom stereocenters. The van der Waals surface area contributed by atoms with Gasteiger partial charge in [0.25, 0.3) is 0 Å². The molecule has 0 saturated carbocycles.